The van der Waals surface area contributed by atoms with Crippen LogP contribution in [0.25, 0.3) is 0 Å². The minimum Gasteiger partial charge on any atom is -0.496 e. The van der Waals surface area contributed by atoms with Crippen LogP contribution in [0.2, 0.25) is 0 Å². The second kappa shape index (κ2) is 4.46. The van der Waals surface area contributed by atoms with E-state index >= 15 is 0 Å². The second-order valence-corrected chi connectivity index (χ2v) is 4.78. The third kappa shape index (κ3) is 1.82. The molecular formula is C14H21NO. The van der Waals surface area contributed by atoms with Crippen LogP contribution in [0.5, 0.6) is 5.75 Å². The fraction of sp³-hybridized carbons (Fsp3) is 0.571. The molecule has 2 heteroatoms. The first kappa shape index (κ1) is 11.5. The number of ether oxygens (including phenoxy) is 1. The molecule has 88 valence electrons. The van der Waals surface area contributed by atoms with Crippen LogP contribution >= 0.6 is 0 Å². The van der Waals surface area contributed by atoms with Crippen molar-refractivity contribution in [3.05, 3.63) is 28.3 Å². The molecule has 0 amide bonds. The zero-order chi connectivity index (χ0) is 11.7. The zero-order valence-corrected chi connectivity index (χ0v) is 10.5. The quantitative estimate of drug-likeness (QED) is 0.737. The first-order valence-corrected chi connectivity index (χ1v) is 6.07. The molecule has 0 saturated carbocycles. The van der Waals surface area contributed by atoms with Gasteiger partial charge in [0.05, 0.1) is 7.11 Å². The van der Waals surface area contributed by atoms with Crippen molar-refractivity contribution in [3.63, 3.8) is 0 Å². The molecule has 1 atom stereocenters. The predicted molar refractivity (Wildman–Crippen MR) is 67.0 cm³/mol. The molecule has 0 fully saturated rings. The van der Waals surface area contributed by atoms with Crippen molar-refractivity contribution in [2.45, 2.75) is 45.6 Å². The minimum absolute atomic E-state index is 0.187. The molecule has 0 bridgehead atoms. The molecule has 0 heterocycles. The number of fused-ring (bicyclic) bond motifs is 1. The summed E-state index contributed by atoms with van der Waals surface area (Å²) >= 11 is 0. The fourth-order valence-electron chi connectivity index (χ4n) is 2.92. The largest absolute Gasteiger partial charge is 0.496 e. The first-order chi connectivity index (χ1) is 7.65. The number of hydrogen-bond acceptors (Lipinski definition) is 2. The Morgan fingerprint density at radius 3 is 2.75 bits per heavy atom. The maximum Gasteiger partial charge on any atom is 0.125 e. The lowest BCUT2D eigenvalue weighted by Crippen LogP contribution is -2.13. The van der Waals surface area contributed by atoms with Crippen molar-refractivity contribution >= 4 is 0 Å². The lowest BCUT2D eigenvalue weighted by atomic mass is 9.92. The van der Waals surface area contributed by atoms with Gasteiger partial charge in [0, 0.05) is 6.04 Å². The molecule has 1 aromatic rings. The summed E-state index contributed by atoms with van der Waals surface area (Å²) in [4.78, 5) is 0. The Hall–Kier alpha value is -1.02. The highest BCUT2D eigenvalue weighted by Gasteiger charge is 2.20. The standard InChI is InChI=1S/C14H21NO/c1-9-8-11-6-4-5-7-12(15)13(11)10(2)14(9)16-3/h8,12H,4-7,15H2,1-3H3/t12-/m0/s1. The fourth-order valence-corrected chi connectivity index (χ4v) is 2.92. The van der Waals surface area contributed by atoms with Gasteiger partial charge >= 0.3 is 0 Å². The second-order valence-electron chi connectivity index (χ2n) is 4.78. The highest BCUT2D eigenvalue weighted by atomic mass is 16.5. The summed E-state index contributed by atoms with van der Waals surface area (Å²) in [6.45, 7) is 4.25. The number of nitrogens with two attached hydrogens (primary N) is 1. The van der Waals surface area contributed by atoms with Crippen molar-refractivity contribution in [1.29, 1.82) is 0 Å². The third-order valence-electron chi connectivity index (χ3n) is 3.63. The van der Waals surface area contributed by atoms with E-state index in [1.54, 1.807) is 7.11 Å². The van der Waals surface area contributed by atoms with E-state index in [4.69, 9.17) is 10.5 Å². The van der Waals surface area contributed by atoms with Gasteiger partial charge in [0.15, 0.2) is 0 Å². The van der Waals surface area contributed by atoms with Gasteiger partial charge in [-0.3, -0.25) is 0 Å². The van der Waals surface area contributed by atoms with Crippen molar-refractivity contribution in [2.24, 2.45) is 5.73 Å². The molecule has 0 aliphatic heterocycles. The smallest absolute Gasteiger partial charge is 0.125 e. The van der Waals surface area contributed by atoms with Crippen molar-refractivity contribution in [1.82, 2.24) is 0 Å². The van der Waals surface area contributed by atoms with Crippen molar-refractivity contribution in [3.8, 4) is 5.75 Å². The van der Waals surface area contributed by atoms with Gasteiger partial charge in [-0.05, 0) is 55.4 Å². The topological polar surface area (TPSA) is 35.2 Å². The molecule has 0 unspecified atom stereocenters. The molecule has 2 nitrogen and oxygen atoms in total. The van der Waals surface area contributed by atoms with Crippen LogP contribution in [0.15, 0.2) is 6.07 Å². The van der Waals surface area contributed by atoms with E-state index in [0.29, 0.717) is 0 Å². The molecule has 1 aromatic carbocycles. The summed E-state index contributed by atoms with van der Waals surface area (Å²) in [5, 5.41) is 0. The van der Waals surface area contributed by atoms with Crippen molar-refractivity contribution < 1.29 is 4.74 Å². The molecule has 2 rings (SSSR count). The van der Waals surface area contributed by atoms with E-state index in [2.05, 4.69) is 19.9 Å². The monoisotopic (exact) mass is 219 g/mol. The van der Waals surface area contributed by atoms with E-state index in [1.807, 2.05) is 0 Å². The molecular weight excluding hydrogens is 198 g/mol. The lowest BCUT2D eigenvalue weighted by molar-refractivity contribution is 0.407. The normalized spacial score (nSPS) is 20.1. The Morgan fingerprint density at radius 1 is 1.31 bits per heavy atom. The maximum absolute atomic E-state index is 6.27. The van der Waals surface area contributed by atoms with Crippen molar-refractivity contribution in [2.75, 3.05) is 7.11 Å². The SMILES string of the molecule is COc1c(C)cc2c(c1C)[C@@H](N)CCCC2. The minimum atomic E-state index is 0.187. The molecule has 0 spiro atoms. The molecule has 0 aromatic heterocycles. The molecule has 0 radical (unpaired) electrons. The van der Waals surface area contributed by atoms with Gasteiger partial charge in [0.1, 0.15) is 5.75 Å². The van der Waals surface area contributed by atoms with E-state index in [-0.39, 0.29) is 6.04 Å². The third-order valence-corrected chi connectivity index (χ3v) is 3.63. The van der Waals surface area contributed by atoms with E-state index in [9.17, 15) is 0 Å². The van der Waals surface area contributed by atoms with Gasteiger partial charge in [-0.1, -0.05) is 12.5 Å². The first-order valence-electron chi connectivity index (χ1n) is 6.07. The number of rotatable bonds is 1. The summed E-state index contributed by atoms with van der Waals surface area (Å²) in [5.41, 5.74) is 11.5. The molecule has 0 saturated heterocycles. The van der Waals surface area contributed by atoms with Gasteiger partial charge in [-0.15, -0.1) is 0 Å². The van der Waals surface area contributed by atoms with E-state index < -0.39 is 0 Å². The maximum atomic E-state index is 6.27. The van der Waals surface area contributed by atoms with Gasteiger partial charge < -0.3 is 10.5 Å². The van der Waals surface area contributed by atoms with Crippen LogP contribution < -0.4 is 10.5 Å². The summed E-state index contributed by atoms with van der Waals surface area (Å²) in [7, 11) is 1.74. The summed E-state index contributed by atoms with van der Waals surface area (Å²) in [6, 6.07) is 2.44. The zero-order valence-electron chi connectivity index (χ0n) is 10.5. The summed E-state index contributed by atoms with van der Waals surface area (Å²) in [6.07, 6.45) is 4.75. The molecule has 16 heavy (non-hydrogen) atoms. The van der Waals surface area contributed by atoms with E-state index in [1.165, 1.54) is 35.1 Å². The molecule has 2 N–H and O–H groups in total. The van der Waals surface area contributed by atoms with Crippen LogP contribution in [-0.2, 0) is 6.42 Å². The number of benzene rings is 1. The Balaban J connectivity index is 2.60. The van der Waals surface area contributed by atoms with Crippen LogP contribution in [0.1, 0.15) is 47.6 Å². The predicted octanol–water partition coefficient (Wildman–Crippen LogP) is 3.04. The Morgan fingerprint density at radius 2 is 2.06 bits per heavy atom. The van der Waals surface area contributed by atoms with Gasteiger partial charge in [-0.2, -0.15) is 0 Å². The average molecular weight is 219 g/mol. The van der Waals surface area contributed by atoms with Crippen LogP contribution in [0.4, 0.5) is 0 Å². The van der Waals surface area contributed by atoms with Crippen LogP contribution in [0.3, 0.4) is 0 Å². The summed E-state index contributed by atoms with van der Waals surface area (Å²) < 4.78 is 5.48. The highest BCUT2D eigenvalue weighted by molar-refractivity contribution is 5.51. The Bertz CT molecular complexity index is 398. The van der Waals surface area contributed by atoms with Crippen LogP contribution in [0, 0.1) is 13.8 Å². The van der Waals surface area contributed by atoms with Crippen LogP contribution in [-0.4, -0.2) is 7.11 Å². The van der Waals surface area contributed by atoms with Gasteiger partial charge in [0.25, 0.3) is 0 Å². The number of hydrogen-bond donors (Lipinski definition) is 1. The number of aryl methyl sites for hydroxylation is 2. The molecule has 1 aliphatic carbocycles. The van der Waals surface area contributed by atoms with Gasteiger partial charge in [-0.25, -0.2) is 0 Å². The molecule has 1 aliphatic rings. The Labute approximate surface area is 97.8 Å². The lowest BCUT2D eigenvalue weighted by Gasteiger charge is -2.20. The average Bonchev–Trinajstić information content (AvgIpc) is 2.41. The van der Waals surface area contributed by atoms with E-state index in [0.717, 1.165) is 18.6 Å². The summed E-state index contributed by atoms with van der Waals surface area (Å²) in [5.74, 6) is 1.01. The highest BCUT2D eigenvalue weighted by Crippen LogP contribution is 2.36. The number of methoxy groups -OCH3 is 1. The van der Waals surface area contributed by atoms with Gasteiger partial charge in [0.2, 0.25) is 0 Å². The Kier molecular flexibility index (Phi) is 3.20.